The van der Waals surface area contributed by atoms with Crippen molar-refractivity contribution in [2.24, 2.45) is 0 Å². The molecule has 0 aromatic carbocycles. The van der Waals surface area contributed by atoms with Crippen LogP contribution in [0.5, 0.6) is 0 Å². The molecule has 0 radical (unpaired) electrons. The van der Waals surface area contributed by atoms with Crippen LogP contribution in [0.1, 0.15) is 27.7 Å². The molecule has 0 spiro atoms. The smallest absolute Gasteiger partial charge is 0.211 e. The summed E-state index contributed by atoms with van der Waals surface area (Å²) in [6.45, 7) is 9.14. The summed E-state index contributed by atoms with van der Waals surface area (Å²) < 4.78 is 5.81. The van der Waals surface area contributed by atoms with Crippen molar-refractivity contribution in [2.75, 3.05) is 11.7 Å². The Labute approximate surface area is 112 Å². The predicted molar refractivity (Wildman–Crippen MR) is 82.5 cm³/mol. The maximum atomic E-state index is 5.55. The standard InChI is InChI=1S/C8H18NOPS4/c1-5-10-11(13,9-6-12)15-7-14-8(2,3)4/h6H,5,7H2,1-4H3,(H,9,12,13). The monoisotopic (exact) mass is 303 g/mol. The quantitative estimate of drug-likeness (QED) is 0.432. The SMILES string of the molecule is CCOP(=S)(NC=S)SCSC(C)(C)C. The number of rotatable bonds is 7. The zero-order valence-corrected chi connectivity index (χ0v) is 13.6. The second kappa shape index (κ2) is 7.51. The molecule has 7 heteroatoms. The number of hydrogen-bond donors (Lipinski definition) is 1. The minimum atomic E-state index is -1.99. The van der Waals surface area contributed by atoms with Crippen LogP contribution in [0.2, 0.25) is 0 Å². The van der Waals surface area contributed by atoms with Gasteiger partial charge in [-0.3, -0.25) is 0 Å². The third kappa shape index (κ3) is 8.95. The molecule has 0 fully saturated rings. The number of thiocarbonyl (C=S) groups is 1. The van der Waals surface area contributed by atoms with E-state index in [9.17, 15) is 0 Å². The van der Waals surface area contributed by atoms with E-state index in [4.69, 9.17) is 28.5 Å². The summed E-state index contributed by atoms with van der Waals surface area (Å²) >= 11 is 13.7. The summed E-state index contributed by atoms with van der Waals surface area (Å²) in [4.78, 5) is 0. The second-order valence-electron chi connectivity index (χ2n) is 3.67. The van der Waals surface area contributed by atoms with E-state index in [1.165, 1.54) is 5.49 Å². The van der Waals surface area contributed by atoms with E-state index in [0.29, 0.717) is 6.61 Å². The third-order valence-electron chi connectivity index (χ3n) is 1.22. The second-order valence-corrected chi connectivity index (χ2v) is 12.7. The first-order chi connectivity index (χ1) is 6.83. The molecule has 1 atom stereocenters. The normalized spacial score (nSPS) is 15.7. The molecule has 0 aromatic heterocycles. The Balaban J connectivity index is 4.07. The third-order valence-corrected chi connectivity index (χ3v) is 8.84. The molecule has 1 N–H and O–H groups in total. The van der Waals surface area contributed by atoms with E-state index in [0.717, 1.165) is 5.08 Å². The fourth-order valence-electron chi connectivity index (χ4n) is 0.619. The summed E-state index contributed by atoms with van der Waals surface area (Å²) in [7, 11) is 0. The van der Waals surface area contributed by atoms with Gasteiger partial charge in [-0.1, -0.05) is 44.4 Å². The highest BCUT2D eigenvalue weighted by atomic mass is 32.9. The van der Waals surface area contributed by atoms with Crippen molar-refractivity contribution >= 4 is 58.3 Å². The molecular formula is C8H18NOPS4. The first-order valence-electron chi connectivity index (χ1n) is 4.57. The average molecular weight is 303 g/mol. The summed E-state index contributed by atoms with van der Waals surface area (Å²) in [6, 6.07) is 0. The first-order valence-corrected chi connectivity index (χ1v) is 10.3. The van der Waals surface area contributed by atoms with Gasteiger partial charge >= 0.3 is 0 Å². The summed E-state index contributed by atoms with van der Waals surface area (Å²) in [5, 5.41) is 3.92. The minimum absolute atomic E-state index is 0.261. The molecule has 0 aliphatic rings. The predicted octanol–water partition coefficient (Wildman–Crippen LogP) is 4.02. The summed E-state index contributed by atoms with van der Waals surface area (Å²) in [5.74, 6) is 0. The highest BCUT2D eigenvalue weighted by Crippen LogP contribution is 2.57. The molecule has 0 rings (SSSR count). The van der Waals surface area contributed by atoms with Gasteiger partial charge in [0, 0.05) is 9.83 Å². The van der Waals surface area contributed by atoms with Gasteiger partial charge in [0.25, 0.3) is 0 Å². The fourth-order valence-corrected chi connectivity index (χ4v) is 8.62. The van der Waals surface area contributed by atoms with Gasteiger partial charge in [-0.2, -0.15) is 0 Å². The molecule has 90 valence electrons. The molecule has 0 bridgehead atoms. The van der Waals surface area contributed by atoms with Gasteiger partial charge in [0.15, 0.2) is 0 Å². The largest absolute Gasteiger partial charge is 0.327 e. The molecule has 15 heavy (non-hydrogen) atoms. The molecule has 0 heterocycles. The van der Waals surface area contributed by atoms with Crippen LogP contribution in [0.15, 0.2) is 0 Å². The van der Waals surface area contributed by atoms with Crippen molar-refractivity contribution in [3.63, 3.8) is 0 Å². The van der Waals surface area contributed by atoms with Crippen molar-refractivity contribution in [2.45, 2.75) is 32.4 Å². The van der Waals surface area contributed by atoms with Gasteiger partial charge in [-0.05, 0) is 18.7 Å². The van der Waals surface area contributed by atoms with Gasteiger partial charge in [-0.15, -0.1) is 11.8 Å². The van der Waals surface area contributed by atoms with E-state index in [2.05, 4.69) is 25.9 Å². The van der Waals surface area contributed by atoms with E-state index in [1.54, 1.807) is 11.4 Å². The number of hydrogen-bond acceptors (Lipinski definition) is 5. The highest BCUT2D eigenvalue weighted by molar-refractivity contribution is 8.70. The van der Waals surface area contributed by atoms with Gasteiger partial charge in [-0.25, -0.2) is 0 Å². The van der Waals surface area contributed by atoms with Crippen LogP contribution >= 0.6 is 41.0 Å². The van der Waals surface area contributed by atoms with Gasteiger partial charge in [0.1, 0.15) is 0 Å². The fraction of sp³-hybridized carbons (Fsp3) is 0.875. The van der Waals surface area contributed by atoms with Crippen LogP contribution in [-0.2, 0) is 16.3 Å². The summed E-state index contributed by atoms with van der Waals surface area (Å²) in [6.07, 6.45) is 0. The molecule has 0 aromatic rings. The molecule has 0 aliphatic carbocycles. The summed E-state index contributed by atoms with van der Waals surface area (Å²) in [5.41, 5.74) is -0.522. The van der Waals surface area contributed by atoms with E-state index in [-0.39, 0.29) is 4.75 Å². The lowest BCUT2D eigenvalue weighted by molar-refractivity contribution is 0.383. The molecule has 1 unspecified atom stereocenters. The van der Waals surface area contributed by atoms with Crippen molar-refractivity contribution < 1.29 is 4.52 Å². The average Bonchev–Trinajstić information content (AvgIpc) is 2.01. The number of nitrogens with one attached hydrogen (secondary N) is 1. The van der Waals surface area contributed by atoms with E-state index >= 15 is 0 Å². The van der Waals surface area contributed by atoms with E-state index < -0.39 is 5.62 Å². The van der Waals surface area contributed by atoms with Crippen molar-refractivity contribution in [1.82, 2.24) is 5.09 Å². The van der Waals surface area contributed by atoms with Crippen molar-refractivity contribution in [3.05, 3.63) is 0 Å². The van der Waals surface area contributed by atoms with Crippen LogP contribution in [0, 0.1) is 0 Å². The van der Waals surface area contributed by atoms with Crippen LogP contribution < -0.4 is 5.09 Å². The van der Waals surface area contributed by atoms with Crippen LogP contribution in [-0.4, -0.2) is 21.9 Å². The van der Waals surface area contributed by atoms with Gasteiger partial charge in [0.05, 0.1) is 12.1 Å². The molecule has 2 nitrogen and oxygen atoms in total. The Bertz CT molecular complexity index is 241. The Morgan fingerprint density at radius 3 is 2.47 bits per heavy atom. The maximum absolute atomic E-state index is 5.55. The highest BCUT2D eigenvalue weighted by Gasteiger charge is 2.18. The van der Waals surface area contributed by atoms with Gasteiger partial charge in [0.2, 0.25) is 5.62 Å². The van der Waals surface area contributed by atoms with Crippen LogP contribution in [0.25, 0.3) is 0 Å². The first kappa shape index (κ1) is 16.2. The zero-order valence-electron chi connectivity index (χ0n) is 9.48. The topological polar surface area (TPSA) is 21.3 Å². The van der Waals surface area contributed by atoms with Crippen LogP contribution in [0.4, 0.5) is 0 Å². The van der Waals surface area contributed by atoms with Crippen molar-refractivity contribution in [1.29, 1.82) is 0 Å². The molecule has 0 saturated carbocycles. The Hall–Kier alpha value is 1.20. The van der Waals surface area contributed by atoms with Gasteiger partial charge < -0.3 is 9.61 Å². The zero-order chi connectivity index (χ0) is 11.9. The lowest BCUT2D eigenvalue weighted by atomic mass is 10.3. The maximum Gasteiger partial charge on any atom is 0.211 e. The lowest BCUT2D eigenvalue weighted by Crippen LogP contribution is -2.09. The lowest BCUT2D eigenvalue weighted by Gasteiger charge is -2.22. The molecule has 0 saturated heterocycles. The Morgan fingerprint density at radius 2 is 2.07 bits per heavy atom. The van der Waals surface area contributed by atoms with E-state index in [1.807, 2.05) is 18.7 Å². The number of thioether (sulfide) groups is 1. The molecule has 0 aliphatic heterocycles. The minimum Gasteiger partial charge on any atom is -0.327 e. The molecular weight excluding hydrogens is 285 g/mol. The van der Waals surface area contributed by atoms with Crippen molar-refractivity contribution in [3.8, 4) is 0 Å². The Kier molecular flexibility index (Phi) is 8.11. The molecule has 0 amide bonds. The Morgan fingerprint density at radius 1 is 1.47 bits per heavy atom. The van der Waals surface area contributed by atoms with Crippen LogP contribution in [0.3, 0.4) is 0 Å².